The normalized spacial score (nSPS) is 17.1. The third kappa shape index (κ3) is 8.68. The number of benzene rings is 4. The standard InChI is InChI=1S/C36H41N7O3/c37-36(38)39-20-9-16-32-22-26(24-40-34(44)30-18-17-27-10-7-8-13-29(27)23-30)19-21-42(43(32)46)25-33(28-11-3-1-4-12-28)35(45)41-31-14-5-2-6-15-31/h1-8,10-15,17-18,23,26,32-33H,9,16,19-22,24-25H2,(H5-,37,38,39,40,41,44,45)/p+1/t26-,32-,33?/m0/s1. The minimum Gasteiger partial charge on any atom is -0.370 e. The Morgan fingerprint density at radius 3 is 2.35 bits per heavy atom. The van der Waals surface area contributed by atoms with Gasteiger partial charge in [-0.15, -0.1) is 5.01 Å². The predicted molar refractivity (Wildman–Crippen MR) is 182 cm³/mol. The fraction of sp³-hybridized carbons (Fsp3) is 0.306. The summed E-state index contributed by atoms with van der Waals surface area (Å²) in [5, 5.41) is 9.96. The maximum Gasteiger partial charge on any atom is 0.251 e. The van der Waals surface area contributed by atoms with Crippen molar-refractivity contribution in [2.75, 3.05) is 31.5 Å². The van der Waals surface area contributed by atoms with Gasteiger partial charge in [0.1, 0.15) is 4.87 Å². The molecule has 4 aromatic rings. The lowest BCUT2D eigenvalue weighted by atomic mass is 9.94. The summed E-state index contributed by atoms with van der Waals surface area (Å²) in [6, 6.07) is 32.1. The Labute approximate surface area is 269 Å². The number of hydrogen-bond donors (Lipinski definition) is 4. The summed E-state index contributed by atoms with van der Waals surface area (Å²) >= 11 is 0. The Kier molecular flexibility index (Phi) is 10.9. The molecule has 10 heteroatoms. The fourth-order valence-electron chi connectivity index (χ4n) is 6.03. The van der Waals surface area contributed by atoms with Crippen LogP contribution in [0.25, 0.3) is 10.8 Å². The zero-order chi connectivity index (χ0) is 32.3. The molecule has 5 rings (SSSR count). The van der Waals surface area contributed by atoms with E-state index in [2.05, 4.69) is 15.6 Å². The summed E-state index contributed by atoms with van der Waals surface area (Å²) in [5.41, 5.74) is 13.2. The summed E-state index contributed by atoms with van der Waals surface area (Å²) in [6.07, 6.45) is 2.47. The van der Waals surface area contributed by atoms with Crippen molar-refractivity contribution in [3.63, 3.8) is 0 Å². The number of nitroso groups, excluding NO2 is 1. The zero-order valence-corrected chi connectivity index (χ0v) is 25.9. The minimum atomic E-state index is -0.579. The van der Waals surface area contributed by atoms with Crippen molar-refractivity contribution in [3.8, 4) is 0 Å². The van der Waals surface area contributed by atoms with Gasteiger partial charge >= 0.3 is 0 Å². The third-order valence-corrected chi connectivity index (χ3v) is 8.50. The van der Waals surface area contributed by atoms with Crippen molar-refractivity contribution in [1.29, 1.82) is 0 Å². The molecule has 1 unspecified atom stereocenters. The summed E-state index contributed by atoms with van der Waals surface area (Å²) in [7, 11) is 0. The summed E-state index contributed by atoms with van der Waals surface area (Å²) < 4.78 is 0. The number of fused-ring (bicyclic) bond motifs is 1. The van der Waals surface area contributed by atoms with Crippen molar-refractivity contribution in [2.24, 2.45) is 22.4 Å². The van der Waals surface area contributed by atoms with E-state index in [0.717, 1.165) is 21.2 Å². The average Bonchev–Trinajstić information content (AvgIpc) is 3.22. The summed E-state index contributed by atoms with van der Waals surface area (Å²) in [5.74, 6) is -0.821. The second kappa shape index (κ2) is 15.7. The maximum atomic E-state index is 14.0. The number of nitrogens with one attached hydrogen (secondary N) is 2. The Hall–Kier alpha value is -5.25. The average molecular weight is 621 g/mol. The molecule has 3 atom stereocenters. The highest BCUT2D eigenvalue weighted by molar-refractivity contribution is 5.98. The minimum absolute atomic E-state index is 0.0193. The smallest absolute Gasteiger partial charge is 0.251 e. The molecule has 238 valence electrons. The molecule has 6 N–H and O–H groups in total. The molecular weight excluding hydrogens is 578 g/mol. The van der Waals surface area contributed by atoms with Gasteiger partial charge in [-0.05, 0) is 59.4 Å². The van der Waals surface area contributed by atoms with E-state index in [1.165, 1.54) is 0 Å². The molecule has 1 aliphatic rings. The lowest BCUT2D eigenvalue weighted by Gasteiger charge is -2.22. The number of amides is 2. The second-order valence-electron chi connectivity index (χ2n) is 11.8. The van der Waals surface area contributed by atoms with E-state index in [0.29, 0.717) is 56.6 Å². The quantitative estimate of drug-likeness (QED) is 0.0773. The monoisotopic (exact) mass is 620 g/mol. The van der Waals surface area contributed by atoms with E-state index in [-0.39, 0.29) is 36.3 Å². The van der Waals surface area contributed by atoms with Gasteiger partial charge < -0.3 is 22.1 Å². The number of hydrazine groups is 1. The van der Waals surface area contributed by atoms with Gasteiger partial charge in [0.05, 0.1) is 23.9 Å². The molecule has 0 saturated carbocycles. The van der Waals surface area contributed by atoms with E-state index in [1.807, 2.05) is 103 Å². The molecule has 1 heterocycles. The number of carbonyl (C=O) groups is 2. The van der Waals surface area contributed by atoms with Crippen LogP contribution in [0.15, 0.2) is 108 Å². The van der Waals surface area contributed by atoms with E-state index < -0.39 is 5.92 Å². The van der Waals surface area contributed by atoms with E-state index in [4.69, 9.17) is 11.5 Å². The number of anilines is 1. The van der Waals surface area contributed by atoms with E-state index >= 15 is 0 Å². The number of nitrogens with two attached hydrogens (primary N) is 2. The molecule has 10 nitrogen and oxygen atoms in total. The van der Waals surface area contributed by atoms with Crippen LogP contribution in [0.1, 0.15) is 47.5 Å². The van der Waals surface area contributed by atoms with Gasteiger partial charge in [-0.2, -0.15) is 0 Å². The van der Waals surface area contributed by atoms with Crippen LogP contribution in [0.5, 0.6) is 0 Å². The molecular formula is C36H42N7O3+. The first-order valence-corrected chi connectivity index (χ1v) is 15.8. The predicted octanol–water partition coefficient (Wildman–Crippen LogP) is 4.82. The molecule has 0 bridgehead atoms. The van der Waals surface area contributed by atoms with Gasteiger partial charge in [-0.1, -0.05) is 78.9 Å². The van der Waals surface area contributed by atoms with Crippen LogP contribution in [0.3, 0.4) is 0 Å². The van der Waals surface area contributed by atoms with Crippen LogP contribution in [0.4, 0.5) is 5.69 Å². The number of guanidine groups is 1. The molecule has 1 aliphatic heterocycles. The summed E-state index contributed by atoms with van der Waals surface area (Å²) in [6.45, 7) is 1.52. The van der Waals surface area contributed by atoms with Gasteiger partial charge in [0.2, 0.25) is 11.9 Å². The molecule has 0 aliphatic carbocycles. The number of para-hydroxylation sites is 1. The highest BCUT2D eigenvalue weighted by Crippen LogP contribution is 2.27. The van der Waals surface area contributed by atoms with Crippen LogP contribution >= 0.6 is 0 Å². The third-order valence-electron chi connectivity index (χ3n) is 8.50. The molecule has 4 aromatic carbocycles. The van der Waals surface area contributed by atoms with Gasteiger partial charge in [-0.25, -0.2) is 0 Å². The highest BCUT2D eigenvalue weighted by atomic mass is 16.3. The van der Waals surface area contributed by atoms with Crippen LogP contribution in [0.2, 0.25) is 0 Å². The van der Waals surface area contributed by atoms with Crippen LogP contribution < -0.4 is 22.1 Å². The first-order valence-electron chi connectivity index (χ1n) is 15.8. The second-order valence-corrected chi connectivity index (χ2v) is 11.8. The van der Waals surface area contributed by atoms with E-state index in [9.17, 15) is 14.5 Å². The van der Waals surface area contributed by atoms with Crippen molar-refractivity contribution >= 4 is 34.2 Å². The maximum absolute atomic E-state index is 14.0. The molecule has 1 saturated heterocycles. The zero-order valence-electron chi connectivity index (χ0n) is 25.9. The van der Waals surface area contributed by atoms with Crippen LogP contribution in [-0.2, 0) is 4.79 Å². The molecule has 46 heavy (non-hydrogen) atoms. The Bertz CT molecular complexity index is 1660. The van der Waals surface area contributed by atoms with Crippen LogP contribution in [0, 0.1) is 10.8 Å². The highest BCUT2D eigenvalue weighted by Gasteiger charge is 2.40. The molecule has 0 spiro atoms. The van der Waals surface area contributed by atoms with Gasteiger partial charge in [0.15, 0.2) is 5.96 Å². The number of nitrogens with zero attached hydrogens (tertiary/aromatic N) is 3. The van der Waals surface area contributed by atoms with Crippen molar-refractivity contribution in [3.05, 3.63) is 119 Å². The number of aliphatic imine (C=N–C) groups is 1. The first-order chi connectivity index (χ1) is 22.4. The number of carbonyl (C=O) groups excluding carboxylic acids is 2. The van der Waals surface area contributed by atoms with Gasteiger partial charge in [-0.3, -0.25) is 14.6 Å². The summed E-state index contributed by atoms with van der Waals surface area (Å²) in [4.78, 5) is 45.9. The fourth-order valence-corrected chi connectivity index (χ4v) is 6.03. The van der Waals surface area contributed by atoms with Crippen molar-refractivity contribution in [2.45, 2.75) is 37.6 Å². The van der Waals surface area contributed by atoms with Crippen molar-refractivity contribution in [1.82, 2.24) is 10.3 Å². The van der Waals surface area contributed by atoms with E-state index in [1.54, 1.807) is 5.01 Å². The topological polar surface area (TPSA) is 146 Å². The lowest BCUT2D eigenvalue weighted by molar-refractivity contribution is -0.734. The largest absolute Gasteiger partial charge is 0.370 e. The van der Waals surface area contributed by atoms with Crippen molar-refractivity contribution < 1.29 is 14.5 Å². The SMILES string of the molecule is NC(N)=NCCC[C@H]1C[C@@H](CNC(=O)c2ccc3ccccc3c2)CCN(CC(C(=O)Nc2ccccc2)c2ccccc2)[N+]1=O. The number of hydrogen-bond acceptors (Lipinski definition) is 4. The van der Waals surface area contributed by atoms with Gasteiger partial charge in [0.25, 0.3) is 5.91 Å². The lowest BCUT2D eigenvalue weighted by Crippen LogP contribution is -2.43. The Morgan fingerprint density at radius 1 is 0.913 bits per heavy atom. The Morgan fingerprint density at radius 2 is 1.61 bits per heavy atom. The van der Waals surface area contributed by atoms with Crippen LogP contribution in [-0.4, -0.2) is 59.9 Å². The molecule has 0 radical (unpaired) electrons. The first kappa shape index (κ1) is 32.2. The number of rotatable bonds is 12. The molecule has 2 amide bonds. The molecule has 1 fully saturated rings. The Balaban J connectivity index is 1.31. The van der Waals surface area contributed by atoms with Gasteiger partial charge in [0, 0.05) is 37.2 Å². The molecule has 0 aromatic heterocycles.